The molecule has 6 nitrogen and oxygen atoms in total. The van der Waals surface area contributed by atoms with Gasteiger partial charge in [0.05, 0.1) is 0 Å². The largest absolute Gasteiger partial charge is 0.423 e. The van der Waals surface area contributed by atoms with Crippen LogP contribution in [0.5, 0.6) is 0 Å². The van der Waals surface area contributed by atoms with Gasteiger partial charge in [-0.1, -0.05) is 0 Å². The van der Waals surface area contributed by atoms with Crippen LogP contribution in [-0.4, -0.2) is 23.7 Å². The Morgan fingerprint density at radius 2 is 2.21 bits per heavy atom. The Bertz CT molecular complexity index is 678. The normalized spacial score (nSPS) is 12.4. The van der Waals surface area contributed by atoms with Crippen molar-refractivity contribution in [3.05, 3.63) is 40.2 Å². The first-order valence-corrected chi connectivity index (χ1v) is 5.80. The number of benzene rings is 1. The highest BCUT2D eigenvalue weighted by molar-refractivity contribution is 5.95. The van der Waals surface area contributed by atoms with Crippen molar-refractivity contribution in [3.8, 4) is 0 Å². The average Bonchev–Trinajstić information content (AvgIpc) is 2.36. The molecule has 0 aliphatic carbocycles. The van der Waals surface area contributed by atoms with Crippen LogP contribution in [0.2, 0.25) is 0 Å². The maximum Gasteiger partial charge on any atom is 0.336 e. The number of carbonyl (C=O) groups excluding carboxylic acids is 1. The van der Waals surface area contributed by atoms with Crippen LogP contribution in [0.3, 0.4) is 0 Å². The molecule has 0 aliphatic rings. The van der Waals surface area contributed by atoms with Gasteiger partial charge in [-0.15, -0.1) is 0 Å². The van der Waals surface area contributed by atoms with E-state index in [1.165, 1.54) is 6.07 Å². The van der Waals surface area contributed by atoms with Gasteiger partial charge in [-0.2, -0.15) is 0 Å². The van der Waals surface area contributed by atoms with Crippen LogP contribution in [0, 0.1) is 6.92 Å². The molecule has 2 aromatic rings. The van der Waals surface area contributed by atoms with Crippen molar-refractivity contribution in [1.29, 1.82) is 0 Å². The zero-order chi connectivity index (χ0) is 14.0. The lowest BCUT2D eigenvalue weighted by atomic mass is 10.1. The molecule has 0 aliphatic heterocycles. The van der Waals surface area contributed by atoms with Crippen molar-refractivity contribution in [2.45, 2.75) is 13.0 Å². The minimum Gasteiger partial charge on any atom is -0.423 e. The summed E-state index contributed by atoms with van der Waals surface area (Å²) in [6.45, 7) is 1.49. The van der Waals surface area contributed by atoms with E-state index in [-0.39, 0.29) is 6.61 Å². The molecule has 1 aromatic carbocycles. The second-order valence-corrected chi connectivity index (χ2v) is 4.33. The Morgan fingerprint density at radius 1 is 1.47 bits per heavy atom. The lowest BCUT2D eigenvalue weighted by Gasteiger charge is -2.08. The molecule has 1 atom stereocenters. The van der Waals surface area contributed by atoms with Crippen molar-refractivity contribution in [3.63, 3.8) is 0 Å². The van der Waals surface area contributed by atoms with Crippen LogP contribution >= 0.6 is 0 Å². The molecule has 0 bridgehead atoms. The number of carbonyl (C=O) groups is 1. The Kier molecular flexibility index (Phi) is 3.64. The molecule has 1 aromatic heterocycles. The third-order valence-corrected chi connectivity index (χ3v) is 2.81. The fraction of sp³-hybridized carbons (Fsp3) is 0.231. The van der Waals surface area contributed by atoms with E-state index in [0.29, 0.717) is 11.3 Å². The standard InChI is InChI=1S/C13H14N2O4/c1-7-4-12(17)19-11-5-8(2-3-9(7)11)15-13(18)10(14)6-16/h2-5,10,16H,6,14H2,1H3,(H,15,18)/p+1/t10-/m0/s1. The molecular formula is C13H15N2O4+. The van der Waals surface area contributed by atoms with E-state index < -0.39 is 17.6 Å². The highest BCUT2D eigenvalue weighted by Gasteiger charge is 2.16. The first-order chi connectivity index (χ1) is 9.01. The number of aliphatic hydroxyl groups is 1. The van der Waals surface area contributed by atoms with Gasteiger partial charge >= 0.3 is 5.63 Å². The smallest absolute Gasteiger partial charge is 0.336 e. The number of aryl methyl sites for hydroxylation is 1. The van der Waals surface area contributed by atoms with E-state index in [0.717, 1.165) is 10.9 Å². The van der Waals surface area contributed by atoms with Crippen molar-refractivity contribution in [2.24, 2.45) is 0 Å². The molecular weight excluding hydrogens is 248 g/mol. The van der Waals surface area contributed by atoms with E-state index >= 15 is 0 Å². The van der Waals surface area contributed by atoms with Crippen molar-refractivity contribution >= 4 is 22.6 Å². The summed E-state index contributed by atoms with van der Waals surface area (Å²) < 4.78 is 5.08. The van der Waals surface area contributed by atoms with Gasteiger partial charge in [-0.25, -0.2) is 4.79 Å². The van der Waals surface area contributed by atoms with Crippen molar-refractivity contribution in [2.75, 3.05) is 11.9 Å². The maximum atomic E-state index is 11.6. The molecule has 0 radical (unpaired) electrons. The van der Waals surface area contributed by atoms with Crippen LogP contribution in [-0.2, 0) is 4.79 Å². The fourth-order valence-corrected chi connectivity index (χ4v) is 1.73. The van der Waals surface area contributed by atoms with E-state index in [1.54, 1.807) is 18.2 Å². The molecule has 5 N–H and O–H groups in total. The van der Waals surface area contributed by atoms with E-state index in [4.69, 9.17) is 9.52 Å². The number of amides is 1. The lowest BCUT2D eigenvalue weighted by molar-refractivity contribution is -0.407. The number of quaternary nitrogens is 1. The minimum absolute atomic E-state index is 0.326. The number of fused-ring (bicyclic) bond motifs is 1. The summed E-state index contributed by atoms with van der Waals surface area (Å²) in [6.07, 6.45) is 0. The van der Waals surface area contributed by atoms with Crippen LogP contribution in [0.1, 0.15) is 5.56 Å². The second kappa shape index (κ2) is 5.21. The predicted molar refractivity (Wildman–Crippen MR) is 69.6 cm³/mol. The van der Waals surface area contributed by atoms with Crippen LogP contribution < -0.4 is 16.7 Å². The molecule has 0 fully saturated rings. The summed E-state index contributed by atoms with van der Waals surface area (Å²) in [5.74, 6) is -0.392. The molecule has 1 amide bonds. The van der Waals surface area contributed by atoms with E-state index in [2.05, 4.69) is 11.1 Å². The highest BCUT2D eigenvalue weighted by Crippen LogP contribution is 2.20. The monoisotopic (exact) mass is 263 g/mol. The molecule has 6 heteroatoms. The third-order valence-electron chi connectivity index (χ3n) is 2.81. The number of hydrogen-bond acceptors (Lipinski definition) is 4. The lowest BCUT2D eigenvalue weighted by Crippen LogP contribution is -2.68. The highest BCUT2D eigenvalue weighted by atomic mass is 16.4. The third kappa shape index (κ3) is 2.81. The van der Waals surface area contributed by atoms with Crippen LogP contribution in [0.15, 0.2) is 33.5 Å². The summed E-state index contributed by atoms with van der Waals surface area (Å²) in [4.78, 5) is 22.9. The van der Waals surface area contributed by atoms with Gasteiger partial charge < -0.3 is 20.6 Å². The number of hydrogen-bond donors (Lipinski definition) is 3. The quantitative estimate of drug-likeness (QED) is 0.657. The Labute approximate surface area is 108 Å². The molecule has 100 valence electrons. The Morgan fingerprint density at radius 3 is 2.89 bits per heavy atom. The van der Waals surface area contributed by atoms with Gasteiger partial charge in [0.25, 0.3) is 5.91 Å². The average molecular weight is 263 g/mol. The first kappa shape index (κ1) is 13.3. The second-order valence-electron chi connectivity index (χ2n) is 4.33. The number of anilines is 1. The zero-order valence-corrected chi connectivity index (χ0v) is 10.5. The number of aliphatic hydroxyl groups excluding tert-OH is 1. The zero-order valence-electron chi connectivity index (χ0n) is 10.5. The van der Waals surface area contributed by atoms with E-state index in [9.17, 15) is 9.59 Å². The Hall–Kier alpha value is -2.18. The van der Waals surface area contributed by atoms with Gasteiger partial charge in [0.1, 0.15) is 12.2 Å². The summed E-state index contributed by atoms with van der Waals surface area (Å²) in [5, 5.41) is 12.3. The molecule has 19 heavy (non-hydrogen) atoms. The van der Waals surface area contributed by atoms with Gasteiger partial charge in [0.15, 0.2) is 6.04 Å². The molecule has 0 saturated heterocycles. The molecule has 0 saturated carbocycles. The van der Waals surface area contributed by atoms with Gasteiger partial charge in [0.2, 0.25) is 0 Å². The van der Waals surface area contributed by atoms with Crippen molar-refractivity contribution < 1.29 is 20.1 Å². The van der Waals surface area contributed by atoms with Crippen LogP contribution in [0.4, 0.5) is 5.69 Å². The number of nitrogens with one attached hydrogen (secondary N) is 1. The molecule has 0 spiro atoms. The summed E-state index contributed by atoms with van der Waals surface area (Å²) >= 11 is 0. The molecule has 0 unspecified atom stereocenters. The predicted octanol–water partition coefficient (Wildman–Crippen LogP) is -0.357. The molecule has 1 heterocycles. The summed E-state index contributed by atoms with van der Waals surface area (Å²) in [5.41, 5.74) is 4.79. The van der Waals surface area contributed by atoms with Gasteiger partial charge in [0, 0.05) is 23.2 Å². The van der Waals surface area contributed by atoms with Crippen LogP contribution in [0.25, 0.3) is 11.0 Å². The van der Waals surface area contributed by atoms with Gasteiger partial charge in [-0.3, -0.25) is 4.79 Å². The summed E-state index contributed by atoms with van der Waals surface area (Å²) in [6, 6.07) is 5.72. The Balaban J connectivity index is 2.37. The number of rotatable bonds is 3. The summed E-state index contributed by atoms with van der Waals surface area (Å²) in [7, 11) is 0. The minimum atomic E-state index is -0.736. The van der Waals surface area contributed by atoms with Crippen molar-refractivity contribution in [1.82, 2.24) is 0 Å². The SMILES string of the molecule is Cc1cc(=O)oc2cc(NC(=O)[C@@H]([NH3+])CO)ccc12. The fourth-order valence-electron chi connectivity index (χ4n) is 1.73. The van der Waals surface area contributed by atoms with Gasteiger partial charge in [-0.05, 0) is 24.6 Å². The molecule has 2 rings (SSSR count). The van der Waals surface area contributed by atoms with E-state index in [1.807, 2.05) is 6.92 Å². The maximum absolute atomic E-state index is 11.6. The topological polar surface area (TPSA) is 107 Å². The first-order valence-electron chi connectivity index (χ1n) is 5.80.